The smallest absolute Gasteiger partial charge is 0.329 e. The Bertz CT molecular complexity index is 921. The van der Waals surface area contributed by atoms with Gasteiger partial charge in [0.05, 0.1) is 0 Å². The van der Waals surface area contributed by atoms with Crippen LogP contribution in [-0.4, -0.2) is 34.5 Å². The Morgan fingerprint density at radius 2 is 2.08 bits per heavy atom. The molecule has 2 aromatic rings. The van der Waals surface area contributed by atoms with Crippen LogP contribution in [0.15, 0.2) is 44.9 Å². The number of carbonyl (C=O) groups is 3. The van der Waals surface area contributed by atoms with Gasteiger partial charge in [-0.3, -0.25) is 9.59 Å². The van der Waals surface area contributed by atoms with Crippen molar-refractivity contribution in [3.8, 4) is 11.3 Å². The van der Waals surface area contributed by atoms with Crippen LogP contribution in [-0.2, 0) is 9.59 Å². The zero-order valence-electron chi connectivity index (χ0n) is 12.5. The zero-order chi connectivity index (χ0) is 18.1. The fourth-order valence-electron chi connectivity index (χ4n) is 2.26. The number of carbonyl (C=O) groups excluding carboxylic acids is 2. The number of carboxylic acid groups (broad SMARTS) is 1. The number of hydrogen-bond donors (Lipinski definition) is 2. The molecule has 2 heterocycles. The molecule has 0 atom stereocenters. The van der Waals surface area contributed by atoms with Gasteiger partial charge in [-0.25, -0.2) is 14.1 Å². The summed E-state index contributed by atoms with van der Waals surface area (Å²) in [5, 5.41) is 11.0. The van der Waals surface area contributed by atoms with Gasteiger partial charge in [-0.1, -0.05) is 0 Å². The van der Waals surface area contributed by atoms with Crippen LogP contribution in [0.25, 0.3) is 17.4 Å². The van der Waals surface area contributed by atoms with Crippen LogP contribution in [0.4, 0.5) is 9.18 Å². The number of furan rings is 1. The van der Waals surface area contributed by atoms with E-state index in [0.717, 1.165) is 0 Å². The number of rotatable bonds is 4. The summed E-state index contributed by atoms with van der Waals surface area (Å²) in [5.74, 6) is -1.76. The van der Waals surface area contributed by atoms with Crippen molar-refractivity contribution in [3.63, 3.8) is 0 Å². The van der Waals surface area contributed by atoms with Gasteiger partial charge in [0.25, 0.3) is 5.91 Å². The molecule has 1 aliphatic rings. The quantitative estimate of drug-likeness (QED) is 0.598. The fourth-order valence-corrected chi connectivity index (χ4v) is 2.80. The van der Waals surface area contributed by atoms with Crippen molar-refractivity contribution in [3.05, 3.63) is 52.1 Å². The second kappa shape index (κ2) is 6.52. The standard InChI is InChI=1S/C16H10BrFN2O5/c17-11-5-8(18)1-3-10(11)13-4-2-9(25-13)6-12-15(23)20(7-14(21)22)16(24)19-12/h1-6H,7H2,(H,19,24)(H,21,22)/b12-6+. The first-order valence-corrected chi connectivity index (χ1v) is 7.76. The lowest BCUT2D eigenvalue weighted by molar-refractivity contribution is -0.140. The molecule has 1 saturated heterocycles. The molecule has 3 rings (SSSR count). The number of nitrogens with one attached hydrogen (secondary N) is 1. The summed E-state index contributed by atoms with van der Waals surface area (Å²) in [6.45, 7) is -0.728. The molecule has 0 saturated carbocycles. The van der Waals surface area contributed by atoms with E-state index in [1.54, 1.807) is 12.1 Å². The molecule has 1 aliphatic heterocycles. The van der Waals surface area contributed by atoms with Crippen LogP contribution in [0.2, 0.25) is 0 Å². The summed E-state index contributed by atoms with van der Waals surface area (Å²) >= 11 is 3.24. The summed E-state index contributed by atoms with van der Waals surface area (Å²) in [7, 11) is 0. The monoisotopic (exact) mass is 408 g/mol. The lowest BCUT2D eigenvalue weighted by Gasteiger charge is -2.06. The van der Waals surface area contributed by atoms with Crippen LogP contribution in [0.3, 0.4) is 0 Å². The normalized spacial score (nSPS) is 15.8. The molecule has 0 spiro atoms. The van der Waals surface area contributed by atoms with E-state index in [1.165, 1.54) is 24.3 Å². The fraction of sp³-hybridized carbons (Fsp3) is 0.0625. The van der Waals surface area contributed by atoms with Gasteiger partial charge < -0.3 is 14.8 Å². The number of nitrogens with zero attached hydrogens (tertiary/aromatic N) is 1. The maximum absolute atomic E-state index is 13.2. The molecular weight excluding hydrogens is 399 g/mol. The Kier molecular flexibility index (Phi) is 4.41. The molecule has 1 aromatic carbocycles. The molecule has 0 aliphatic carbocycles. The van der Waals surface area contributed by atoms with Gasteiger partial charge >= 0.3 is 12.0 Å². The third-order valence-electron chi connectivity index (χ3n) is 3.37. The minimum atomic E-state index is -1.30. The molecule has 0 unspecified atom stereocenters. The topological polar surface area (TPSA) is 99.8 Å². The van der Waals surface area contributed by atoms with Gasteiger partial charge in [0.1, 0.15) is 29.6 Å². The van der Waals surface area contributed by atoms with Gasteiger partial charge in [-0.2, -0.15) is 0 Å². The molecule has 0 radical (unpaired) electrons. The van der Waals surface area contributed by atoms with Crippen molar-refractivity contribution in [2.45, 2.75) is 0 Å². The third-order valence-corrected chi connectivity index (χ3v) is 4.02. The number of benzene rings is 1. The summed E-state index contributed by atoms with van der Waals surface area (Å²) in [4.78, 5) is 34.9. The molecule has 7 nitrogen and oxygen atoms in total. The summed E-state index contributed by atoms with van der Waals surface area (Å²) in [5.41, 5.74) is 0.519. The lowest BCUT2D eigenvalue weighted by Crippen LogP contribution is -2.35. The van der Waals surface area contributed by atoms with E-state index < -0.39 is 30.3 Å². The second-order valence-corrected chi connectivity index (χ2v) is 5.95. The third kappa shape index (κ3) is 3.45. The number of carboxylic acids is 1. The number of hydrogen-bond acceptors (Lipinski definition) is 4. The van der Waals surface area contributed by atoms with Crippen molar-refractivity contribution >= 4 is 39.9 Å². The first-order chi connectivity index (χ1) is 11.8. The molecule has 1 fully saturated rings. The maximum Gasteiger partial charge on any atom is 0.329 e. The largest absolute Gasteiger partial charge is 0.480 e. The first-order valence-electron chi connectivity index (χ1n) is 6.97. The van der Waals surface area contributed by atoms with E-state index in [2.05, 4.69) is 21.2 Å². The Balaban J connectivity index is 1.86. The predicted molar refractivity (Wildman–Crippen MR) is 87.7 cm³/mol. The summed E-state index contributed by atoms with van der Waals surface area (Å²) in [6.07, 6.45) is 1.29. The van der Waals surface area contributed by atoms with E-state index >= 15 is 0 Å². The van der Waals surface area contributed by atoms with Crippen LogP contribution >= 0.6 is 15.9 Å². The van der Waals surface area contributed by atoms with Crippen LogP contribution in [0, 0.1) is 5.82 Å². The molecule has 0 bridgehead atoms. The Labute approximate surface area is 148 Å². The van der Waals surface area contributed by atoms with Crippen molar-refractivity contribution in [1.29, 1.82) is 0 Å². The van der Waals surface area contributed by atoms with Gasteiger partial charge in [-0.05, 0) is 46.3 Å². The highest BCUT2D eigenvalue weighted by molar-refractivity contribution is 9.10. The minimum absolute atomic E-state index is 0.0923. The van der Waals surface area contributed by atoms with Crippen molar-refractivity contribution in [2.24, 2.45) is 0 Å². The van der Waals surface area contributed by atoms with E-state index in [0.29, 0.717) is 20.7 Å². The second-order valence-electron chi connectivity index (χ2n) is 5.10. The van der Waals surface area contributed by atoms with Crippen LogP contribution in [0.5, 0.6) is 0 Å². The number of amides is 3. The minimum Gasteiger partial charge on any atom is -0.480 e. The van der Waals surface area contributed by atoms with Crippen molar-refractivity contribution in [1.82, 2.24) is 10.2 Å². The highest BCUT2D eigenvalue weighted by atomic mass is 79.9. The van der Waals surface area contributed by atoms with E-state index in [9.17, 15) is 18.8 Å². The lowest BCUT2D eigenvalue weighted by atomic mass is 10.2. The predicted octanol–water partition coefficient (Wildman–Crippen LogP) is 2.83. The van der Waals surface area contributed by atoms with Gasteiger partial charge in [0, 0.05) is 16.1 Å². The molecule has 3 amide bonds. The Morgan fingerprint density at radius 3 is 2.76 bits per heavy atom. The average Bonchev–Trinajstić information content (AvgIpc) is 3.08. The summed E-state index contributed by atoms with van der Waals surface area (Å²) < 4.78 is 19.2. The highest BCUT2D eigenvalue weighted by Gasteiger charge is 2.35. The van der Waals surface area contributed by atoms with Gasteiger partial charge in [0.15, 0.2) is 0 Å². The van der Waals surface area contributed by atoms with E-state index in [1.807, 2.05) is 0 Å². The van der Waals surface area contributed by atoms with Crippen LogP contribution < -0.4 is 5.32 Å². The SMILES string of the molecule is O=C(O)CN1C(=O)N/C(=C/c2ccc(-c3ccc(F)cc3Br)o2)C1=O. The molecule has 1 aromatic heterocycles. The molecule has 25 heavy (non-hydrogen) atoms. The van der Waals surface area contributed by atoms with Crippen LogP contribution in [0.1, 0.15) is 5.76 Å². The molecule has 128 valence electrons. The van der Waals surface area contributed by atoms with Gasteiger partial charge in [0.2, 0.25) is 0 Å². The molecule has 9 heteroatoms. The molecular formula is C16H10BrFN2O5. The molecule has 2 N–H and O–H groups in total. The number of urea groups is 1. The average molecular weight is 409 g/mol. The van der Waals surface area contributed by atoms with Gasteiger partial charge in [-0.15, -0.1) is 0 Å². The van der Waals surface area contributed by atoms with E-state index in [4.69, 9.17) is 9.52 Å². The van der Waals surface area contributed by atoms with Crippen molar-refractivity contribution in [2.75, 3.05) is 6.54 Å². The number of aliphatic carboxylic acids is 1. The number of halogens is 2. The zero-order valence-corrected chi connectivity index (χ0v) is 14.0. The first kappa shape index (κ1) is 16.9. The number of imide groups is 1. The highest BCUT2D eigenvalue weighted by Crippen LogP contribution is 2.31. The summed E-state index contributed by atoms with van der Waals surface area (Å²) in [6, 6.07) is 6.49. The Hall–Kier alpha value is -2.94. The van der Waals surface area contributed by atoms with E-state index in [-0.39, 0.29) is 11.5 Å². The Morgan fingerprint density at radius 1 is 1.32 bits per heavy atom. The maximum atomic E-state index is 13.2. The van der Waals surface area contributed by atoms with Crippen molar-refractivity contribution < 1.29 is 28.3 Å².